The Bertz CT molecular complexity index is 921. The zero-order valence-electron chi connectivity index (χ0n) is 15.7. The fraction of sp³-hybridized carbons (Fsp3) is 0.421. The minimum absolute atomic E-state index is 0.119. The van der Waals surface area contributed by atoms with Crippen molar-refractivity contribution >= 4 is 34.7 Å². The van der Waals surface area contributed by atoms with Crippen LogP contribution in [0.15, 0.2) is 29.1 Å². The van der Waals surface area contributed by atoms with Crippen molar-refractivity contribution in [1.29, 1.82) is 0 Å². The van der Waals surface area contributed by atoms with Gasteiger partial charge in [0, 0.05) is 23.5 Å². The molecule has 9 heteroatoms. The summed E-state index contributed by atoms with van der Waals surface area (Å²) in [7, 11) is 0. The number of hydrogen-bond donors (Lipinski definition) is 4. The molecular weight excluding hydrogens is 380 g/mol. The molecule has 1 aliphatic carbocycles. The van der Waals surface area contributed by atoms with Crippen molar-refractivity contribution in [2.45, 2.75) is 51.2 Å². The molecule has 0 spiro atoms. The van der Waals surface area contributed by atoms with Crippen LogP contribution in [0, 0.1) is 6.92 Å². The molecule has 1 heterocycles. The maximum Gasteiger partial charge on any atom is 0.294 e. The van der Waals surface area contributed by atoms with Gasteiger partial charge in [0.2, 0.25) is 5.91 Å². The monoisotopic (exact) mass is 404 g/mol. The van der Waals surface area contributed by atoms with Gasteiger partial charge in [-0.15, -0.1) is 0 Å². The van der Waals surface area contributed by atoms with Crippen LogP contribution in [0.4, 0.5) is 17.2 Å². The Balaban J connectivity index is 1.77. The Morgan fingerprint density at radius 1 is 1.32 bits per heavy atom. The van der Waals surface area contributed by atoms with Crippen molar-refractivity contribution in [3.8, 4) is 0 Å². The smallest absolute Gasteiger partial charge is 0.294 e. The number of amides is 1. The summed E-state index contributed by atoms with van der Waals surface area (Å²) in [5.74, 6) is -0.194. The quantitative estimate of drug-likeness (QED) is 0.565. The van der Waals surface area contributed by atoms with Crippen LogP contribution < -0.4 is 27.7 Å². The van der Waals surface area contributed by atoms with Crippen LogP contribution in [0.2, 0.25) is 5.15 Å². The molecule has 6 N–H and O–H groups in total. The molecule has 0 atom stereocenters. The largest absolute Gasteiger partial charge is 0.399 e. The summed E-state index contributed by atoms with van der Waals surface area (Å²) < 4.78 is 1.33. The number of nitrogen functional groups attached to an aromatic ring is 1. The van der Waals surface area contributed by atoms with Crippen LogP contribution in [0.1, 0.15) is 31.4 Å². The summed E-state index contributed by atoms with van der Waals surface area (Å²) in [4.78, 5) is 29.5. The number of benzene rings is 1. The summed E-state index contributed by atoms with van der Waals surface area (Å²) in [6, 6.07) is 7.17. The van der Waals surface area contributed by atoms with Crippen molar-refractivity contribution < 1.29 is 4.79 Å². The second-order valence-electron chi connectivity index (χ2n) is 7.16. The van der Waals surface area contributed by atoms with Crippen LogP contribution in [0.25, 0.3) is 0 Å². The molecule has 0 radical (unpaired) electrons. The fourth-order valence-corrected chi connectivity index (χ4v) is 3.51. The molecule has 2 aromatic rings. The number of nitrogens with one attached hydrogen (secondary N) is 2. The predicted molar refractivity (Wildman–Crippen MR) is 112 cm³/mol. The van der Waals surface area contributed by atoms with Gasteiger partial charge in [-0.05, 0) is 50.8 Å². The van der Waals surface area contributed by atoms with E-state index in [-0.39, 0.29) is 41.1 Å². The maximum atomic E-state index is 12.9. The van der Waals surface area contributed by atoms with Crippen LogP contribution in [0.5, 0.6) is 0 Å². The number of nitrogens with two attached hydrogens (primary N) is 2. The number of halogens is 1. The Hall–Kier alpha value is -2.58. The normalized spacial score (nSPS) is 19.2. The summed E-state index contributed by atoms with van der Waals surface area (Å²) in [5, 5.41) is 6.10. The van der Waals surface area contributed by atoms with E-state index in [4.69, 9.17) is 23.1 Å². The molecule has 0 saturated heterocycles. The number of nitrogens with zero attached hydrogens (tertiary/aromatic N) is 2. The van der Waals surface area contributed by atoms with Gasteiger partial charge in [0.25, 0.3) is 5.56 Å². The van der Waals surface area contributed by atoms with E-state index in [1.165, 1.54) is 4.57 Å². The van der Waals surface area contributed by atoms with E-state index in [0.29, 0.717) is 17.1 Å². The zero-order chi connectivity index (χ0) is 20.3. The highest BCUT2D eigenvalue weighted by Gasteiger charge is 2.21. The topological polar surface area (TPSA) is 128 Å². The number of aromatic nitrogens is 2. The lowest BCUT2D eigenvalue weighted by Crippen LogP contribution is -2.37. The Morgan fingerprint density at radius 2 is 2.04 bits per heavy atom. The highest BCUT2D eigenvalue weighted by Crippen LogP contribution is 2.21. The third kappa shape index (κ3) is 4.82. The van der Waals surface area contributed by atoms with Crippen LogP contribution in [0.3, 0.4) is 0 Å². The fourth-order valence-electron chi connectivity index (χ4n) is 3.32. The third-order valence-electron chi connectivity index (χ3n) is 4.95. The molecule has 0 bridgehead atoms. The molecule has 1 aromatic carbocycles. The van der Waals surface area contributed by atoms with Crippen molar-refractivity contribution in [1.82, 2.24) is 9.55 Å². The molecule has 1 amide bonds. The van der Waals surface area contributed by atoms with Gasteiger partial charge in [-0.25, -0.2) is 4.98 Å². The number of hydrogen-bond acceptors (Lipinski definition) is 6. The lowest BCUT2D eigenvalue weighted by Gasteiger charge is -2.27. The lowest BCUT2D eigenvalue weighted by atomic mass is 9.92. The molecular formula is C19H25ClN6O2. The Labute approximate surface area is 168 Å². The van der Waals surface area contributed by atoms with Gasteiger partial charge in [0.05, 0.1) is 5.69 Å². The maximum absolute atomic E-state index is 12.9. The summed E-state index contributed by atoms with van der Waals surface area (Å²) >= 11 is 6.22. The molecule has 1 aliphatic rings. The molecule has 1 aromatic heterocycles. The predicted octanol–water partition coefficient (Wildman–Crippen LogP) is 2.11. The van der Waals surface area contributed by atoms with Gasteiger partial charge in [0.1, 0.15) is 6.54 Å². The number of rotatable bonds is 5. The number of carbonyl (C=O) groups excluding carboxylic acids is 1. The lowest BCUT2D eigenvalue weighted by molar-refractivity contribution is -0.116. The molecule has 0 aliphatic heterocycles. The first-order valence-electron chi connectivity index (χ1n) is 9.28. The van der Waals surface area contributed by atoms with Crippen molar-refractivity contribution in [2.24, 2.45) is 5.73 Å². The SMILES string of the molecule is Cc1c(Cl)nc(NC2CCC(N)CC2)c(=O)n1CC(=O)Nc1cccc(N)c1. The molecule has 3 rings (SSSR count). The first kappa shape index (κ1) is 20.2. The molecule has 150 valence electrons. The van der Waals surface area contributed by atoms with E-state index in [1.807, 2.05) is 0 Å². The van der Waals surface area contributed by atoms with E-state index < -0.39 is 0 Å². The van der Waals surface area contributed by atoms with Gasteiger partial charge in [-0.2, -0.15) is 0 Å². The van der Waals surface area contributed by atoms with Gasteiger partial charge in [0.15, 0.2) is 11.0 Å². The van der Waals surface area contributed by atoms with Crippen LogP contribution in [-0.2, 0) is 11.3 Å². The zero-order valence-corrected chi connectivity index (χ0v) is 16.5. The third-order valence-corrected chi connectivity index (χ3v) is 5.30. The second-order valence-corrected chi connectivity index (χ2v) is 7.52. The average molecular weight is 405 g/mol. The van der Waals surface area contributed by atoms with Gasteiger partial charge in [-0.3, -0.25) is 14.2 Å². The van der Waals surface area contributed by atoms with Crippen molar-refractivity contribution in [2.75, 3.05) is 16.4 Å². The van der Waals surface area contributed by atoms with Gasteiger partial charge >= 0.3 is 0 Å². The van der Waals surface area contributed by atoms with Crippen molar-refractivity contribution in [3.63, 3.8) is 0 Å². The molecule has 28 heavy (non-hydrogen) atoms. The average Bonchev–Trinajstić information content (AvgIpc) is 2.65. The van der Waals surface area contributed by atoms with Gasteiger partial charge < -0.3 is 22.1 Å². The molecule has 0 unspecified atom stereocenters. The first-order valence-corrected chi connectivity index (χ1v) is 9.65. The van der Waals surface area contributed by atoms with E-state index >= 15 is 0 Å². The van der Waals surface area contributed by atoms with Crippen LogP contribution >= 0.6 is 11.6 Å². The molecule has 1 saturated carbocycles. The summed E-state index contributed by atoms with van der Waals surface area (Å²) in [6.07, 6.45) is 3.52. The van der Waals surface area contributed by atoms with E-state index in [2.05, 4.69) is 15.6 Å². The van der Waals surface area contributed by atoms with E-state index in [1.54, 1.807) is 31.2 Å². The summed E-state index contributed by atoms with van der Waals surface area (Å²) in [6.45, 7) is 1.49. The highest BCUT2D eigenvalue weighted by molar-refractivity contribution is 6.30. The minimum atomic E-state index is -0.375. The Kier molecular flexibility index (Phi) is 6.21. The molecule has 1 fully saturated rings. The Morgan fingerprint density at radius 3 is 2.71 bits per heavy atom. The van der Waals surface area contributed by atoms with E-state index in [9.17, 15) is 9.59 Å². The summed E-state index contributed by atoms with van der Waals surface area (Å²) in [5.41, 5.74) is 12.8. The number of anilines is 3. The van der Waals surface area contributed by atoms with Crippen LogP contribution in [-0.4, -0.2) is 27.5 Å². The standard InChI is InChI=1S/C19H25ClN6O2/c1-11-17(20)25-18(24-14-7-5-12(21)6-8-14)19(28)26(11)10-16(27)23-15-4-2-3-13(22)9-15/h2-4,9,12,14H,5-8,10,21-22H2,1H3,(H,23,27)(H,24,25). The first-order chi connectivity index (χ1) is 13.3. The van der Waals surface area contributed by atoms with E-state index in [0.717, 1.165) is 25.7 Å². The van der Waals surface area contributed by atoms with Gasteiger partial charge in [-0.1, -0.05) is 17.7 Å². The molecule has 8 nitrogen and oxygen atoms in total. The van der Waals surface area contributed by atoms with Crippen molar-refractivity contribution in [3.05, 3.63) is 45.5 Å². The minimum Gasteiger partial charge on any atom is -0.399 e. The highest BCUT2D eigenvalue weighted by atomic mass is 35.5. The number of carbonyl (C=O) groups is 1. The second kappa shape index (κ2) is 8.62.